The molecule has 1 heterocycles. The van der Waals surface area contributed by atoms with Gasteiger partial charge in [-0.3, -0.25) is 9.59 Å². The quantitative estimate of drug-likeness (QED) is 0.493. The zero-order valence-corrected chi connectivity index (χ0v) is 13.4. The van der Waals surface area contributed by atoms with E-state index >= 15 is 0 Å². The molecule has 4 heteroatoms. The van der Waals surface area contributed by atoms with Crippen molar-refractivity contribution in [3.63, 3.8) is 0 Å². The largest absolute Gasteiger partial charge is 0.465 e. The number of para-hydroxylation sites is 1. The van der Waals surface area contributed by atoms with Gasteiger partial charge in [-0.15, -0.1) is 0 Å². The predicted octanol–water partition coefficient (Wildman–Crippen LogP) is 3.43. The number of rotatable bonds is 3. The average molecular weight is 322 g/mol. The van der Waals surface area contributed by atoms with Crippen molar-refractivity contribution >= 4 is 11.9 Å². The van der Waals surface area contributed by atoms with Gasteiger partial charge in [-0.05, 0) is 30.9 Å². The van der Waals surface area contributed by atoms with Crippen LogP contribution in [-0.4, -0.2) is 18.5 Å². The molecule has 1 aliphatic heterocycles. The normalized spacial score (nSPS) is 27.3. The molecule has 0 saturated heterocycles. The van der Waals surface area contributed by atoms with Crippen molar-refractivity contribution in [2.45, 2.75) is 25.2 Å². The van der Waals surface area contributed by atoms with Crippen LogP contribution in [0.1, 0.15) is 36.3 Å². The van der Waals surface area contributed by atoms with Gasteiger partial charge in [0.05, 0.1) is 6.61 Å². The summed E-state index contributed by atoms with van der Waals surface area (Å²) < 4.78 is 10.7. The van der Waals surface area contributed by atoms with E-state index in [4.69, 9.17) is 9.47 Å². The lowest BCUT2D eigenvalue weighted by Crippen LogP contribution is -2.59. The van der Waals surface area contributed by atoms with E-state index in [0.29, 0.717) is 12.2 Å². The minimum atomic E-state index is -1.22. The van der Waals surface area contributed by atoms with E-state index < -0.39 is 17.4 Å². The molecule has 122 valence electrons. The topological polar surface area (TPSA) is 52.6 Å². The summed E-state index contributed by atoms with van der Waals surface area (Å²) in [7, 11) is 0. The van der Waals surface area contributed by atoms with Crippen LogP contribution in [0.5, 0.6) is 5.75 Å². The molecule has 0 aromatic heterocycles. The second-order valence-electron chi connectivity index (χ2n) is 6.32. The molecule has 1 saturated carbocycles. The Morgan fingerprint density at radius 2 is 1.88 bits per heavy atom. The molecule has 4 nitrogen and oxygen atoms in total. The molecular weight excluding hydrogens is 304 g/mol. The second-order valence-corrected chi connectivity index (χ2v) is 6.32. The first-order valence-corrected chi connectivity index (χ1v) is 8.22. The van der Waals surface area contributed by atoms with Crippen LogP contribution in [0.4, 0.5) is 0 Å². The van der Waals surface area contributed by atoms with E-state index in [-0.39, 0.29) is 18.4 Å². The summed E-state index contributed by atoms with van der Waals surface area (Å²) in [5.41, 5.74) is 0.822. The summed E-state index contributed by atoms with van der Waals surface area (Å²) in [6, 6.07) is 17.5. The minimum Gasteiger partial charge on any atom is -0.465 e. The van der Waals surface area contributed by atoms with Gasteiger partial charge in [0, 0.05) is 11.5 Å². The number of fused-ring (bicyclic) bond motifs is 3. The maximum atomic E-state index is 12.7. The molecule has 0 spiro atoms. The Morgan fingerprint density at radius 3 is 2.62 bits per heavy atom. The van der Waals surface area contributed by atoms with E-state index in [1.165, 1.54) is 0 Å². The van der Waals surface area contributed by atoms with Crippen molar-refractivity contribution < 1.29 is 19.1 Å². The van der Waals surface area contributed by atoms with Gasteiger partial charge in [-0.25, -0.2) is 0 Å². The molecule has 2 aromatic rings. The van der Waals surface area contributed by atoms with Crippen LogP contribution >= 0.6 is 0 Å². The molecule has 2 aromatic carbocycles. The lowest BCUT2D eigenvalue weighted by Gasteiger charge is -2.53. The smallest absolute Gasteiger partial charge is 0.329 e. The molecule has 0 amide bonds. The molecule has 2 aliphatic rings. The fraction of sp³-hybridized carbons (Fsp3) is 0.300. The average Bonchev–Trinajstić information content (AvgIpc) is 2.56. The van der Waals surface area contributed by atoms with E-state index in [0.717, 1.165) is 11.1 Å². The Balaban J connectivity index is 1.83. The molecule has 3 unspecified atom stereocenters. The highest BCUT2D eigenvalue weighted by Crippen LogP contribution is 2.65. The first kappa shape index (κ1) is 14.9. The first-order chi connectivity index (χ1) is 11.7. The Hall–Kier alpha value is -2.62. The number of benzene rings is 2. The summed E-state index contributed by atoms with van der Waals surface area (Å²) in [5, 5.41) is 0. The maximum absolute atomic E-state index is 12.7. The number of hydrogen-bond acceptors (Lipinski definition) is 4. The number of carbonyl (C=O) groups excluding carboxylic acids is 2. The van der Waals surface area contributed by atoms with Crippen molar-refractivity contribution in [2.24, 2.45) is 5.41 Å². The number of hydrogen-bond donors (Lipinski definition) is 0. The molecule has 0 bridgehead atoms. The van der Waals surface area contributed by atoms with Crippen LogP contribution in [0.15, 0.2) is 54.6 Å². The summed E-state index contributed by atoms with van der Waals surface area (Å²) in [5.74, 6) is -0.549. The lowest BCUT2D eigenvalue weighted by atomic mass is 9.49. The Morgan fingerprint density at radius 1 is 1.17 bits per heavy atom. The number of carbonyl (C=O) groups is 2. The molecule has 0 radical (unpaired) electrons. The highest BCUT2D eigenvalue weighted by molar-refractivity contribution is 6.05. The van der Waals surface area contributed by atoms with Crippen molar-refractivity contribution in [1.29, 1.82) is 0 Å². The van der Waals surface area contributed by atoms with E-state index in [2.05, 4.69) is 0 Å². The number of esters is 2. The zero-order valence-electron chi connectivity index (χ0n) is 13.4. The van der Waals surface area contributed by atoms with E-state index in [1.807, 2.05) is 48.5 Å². The maximum Gasteiger partial charge on any atom is 0.329 e. The third-order valence-electron chi connectivity index (χ3n) is 5.16. The Bertz CT molecular complexity index is 798. The molecule has 4 rings (SSSR count). The van der Waals surface area contributed by atoms with Crippen LogP contribution in [0.2, 0.25) is 0 Å². The molecule has 1 aliphatic carbocycles. The van der Waals surface area contributed by atoms with Crippen LogP contribution < -0.4 is 4.74 Å². The second kappa shape index (κ2) is 5.48. The monoisotopic (exact) mass is 322 g/mol. The molecule has 3 atom stereocenters. The highest BCUT2D eigenvalue weighted by atomic mass is 16.6. The fourth-order valence-electron chi connectivity index (χ4n) is 4.05. The van der Waals surface area contributed by atoms with Gasteiger partial charge in [0.25, 0.3) is 0 Å². The Labute approximate surface area is 140 Å². The Kier molecular flexibility index (Phi) is 3.41. The minimum absolute atomic E-state index is 0.101. The van der Waals surface area contributed by atoms with Gasteiger partial charge < -0.3 is 9.47 Å². The van der Waals surface area contributed by atoms with Gasteiger partial charge in [-0.2, -0.15) is 0 Å². The third kappa shape index (κ3) is 1.92. The first-order valence-electron chi connectivity index (χ1n) is 8.22. The third-order valence-corrected chi connectivity index (χ3v) is 5.16. The number of ether oxygens (including phenoxy) is 2. The van der Waals surface area contributed by atoms with E-state index in [1.54, 1.807) is 13.0 Å². The molecule has 24 heavy (non-hydrogen) atoms. The van der Waals surface area contributed by atoms with Gasteiger partial charge in [-0.1, -0.05) is 48.5 Å². The zero-order chi connectivity index (χ0) is 16.7. The van der Waals surface area contributed by atoms with Crippen LogP contribution in [0.3, 0.4) is 0 Å². The lowest BCUT2D eigenvalue weighted by molar-refractivity contribution is -0.180. The van der Waals surface area contributed by atoms with Crippen molar-refractivity contribution in [3.05, 3.63) is 65.7 Å². The van der Waals surface area contributed by atoms with Crippen LogP contribution in [0, 0.1) is 5.41 Å². The van der Waals surface area contributed by atoms with Crippen molar-refractivity contribution in [1.82, 2.24) is 0 Å². The summed E-state index contributed by atoms with van der Waals surface area (Å²) in [6.45, 7) is 2.00. The van der Waals surface area contributed by atoms with Gasteiger partial charge in [0.1, 0.15) is 5.75 Å². The van der Waals surface area contributed by atoms with Gasteiger partial charge in [0.15, 0.2) is 5.41 Å². The van der Waals surface area contributed by atoms with Crippen molar-refractivity contribution in [2.75, 3.05) is 6.61 Å². The van der Waals surface area contributed by atoms with Crippen molar-refractivity contribution in [3.8, 4) is 5.75 Å². The van der Waals surface area contributed by atoms with E-state index in [9.17, 15) is 9.59 Å². The highest BCUT2D eigenvalue weighted by Gasteiger charge is 2.68. The summed E-state index contributed by atoms with van der Waals surface area (Å²) in [4.78, 5) is 25.4. The predicted molar refractivity (Wildman–Crippen MR) is 87.7 cm³/mol. The van der Waals surface area contributed by atoms with Crippen LogP contribution in [0.25, 0.3) is 0 Å². The van der Waals surface area contributed by atoms with Crippen LogP contribution in [-0.2, 0) is 14.3 Å². The summed E-state index contributed by atoms with van der Waals surface area (Å²) in [6.07, 6.45) is 0.424. The molecular formula is C20H18O4. The fourth-order valence-corrected chi connectivity index (χ4v) is 4.05. The molecule has 1 fully saturated rings. The molecule has 0 N–H and O–H groups in total. The van der Waals surface area contributed by atoms with Gasteiger partial charge >= 0.3 is 11.9 Å². The summed E-state index contributed by atoms with van der Waals surface area (Å²) >= 11 is 0. The SMILES string of the molecule is CCOC(=O)C12CC(c3ccccc3)C1c1ccccc1OC2=O. The van der Waals surface area contributed by atoms with Gasteiger partial charge in [0.2, 0.25) is 0 Å². The standard InChI is InChI=1S/C20H18O4/c1-2-23-18(21)20-12-15(13-8-4-3-5-9-13)17(20)14-10-6-7-11-16(14)24-19(20)22/h3-11,15,17H,2,12H2,1H3.